The fraction of sp³-hybridized carbons (Fsp3) is 0.333. The molecule has 0 bridgehead atoms. The Morgan fingerprint density at radius 3 is 2.92 bits per heavy atom. The molecular weight excluding hydrogens is 160 g/mol. The Hall–Kier alpha value is -1.24. The standard InChI is InChI=1S/C12H16O/c1-3-5-7-11-8-6-9-12(10-11)13-4-2/h3,5-6,8-10H,4,7H2,1-2H3. The first-order chi connectivity index (χ1) is 6.36. The Morgan fingerprint density at radius 1 is 1.38 bits per heavy atom. The lowest BCUT2D eigenvalue weighted by Gasteiger charge is -2.03. The van der Waals surface area contributed by atoms with Crippen LogP contribution in [0.2, 0.25) is 0 Å². The highest BCUT2D eigenvalue weighted by Gasteiger charge is 1.93. The molecule has 0 aromatic heterocycles. The first-order valence-corrected chi connectivity index (χ1v) is 4.69. The monoisotopic (exact) mass is 176 g/mol. The van der Waals surface area contributed by atoms with Gasteiger partial charge in [0.2, 0.25) is 0 Å². The highest BCUT2D eigenvalue weighted by atomic mass is 16.5. The van der Waals surface area contributed by atoms with Crippen molar-refractivity contribution in [2.75, 3.05) is 6.61 Å². The van der Waals surface area contributed by atoms with Gasteiger partial charge in [-0.2, -0.15) is 0 Å². The summed E-state index contributed by atoms with van der Waals surface area (Å²) in [6, 6.07) is 8.22. The van der Waals surface area contributed by atoms with Crippen molar-refractivity contribution in [3.63, 3.8) is 0 Å². The Labute approximate surface area is 80.0 Å². The van der Waals surface area contributed by atoms with Crippen LogP contribution in [-0.2, 0) is 6.42 Å². The Kier molecular flexibility index (Phi) is 4.10. The maximum absolute atomic E-state index is 5.40. The van der Waals surface area contributed by atoms with E-state index >= 15 is 0 Å². The minimum atomic E-state index is 0.729. The number of rotatable bonds is 4. The molecule has 0 aliphatic rings. The van der Waals surface area contributed by atoms with Crippen molar-refractivity contribution in [1.29, 1.82) is 0 Å². The Morgan fingerprint density at radius 2 is 2.23 bits per heavy atom. The Balaban J connectivity index is 2.67. The van der Waals surface area contributed by atoms with E-state index in [1.807, 2.05) is 26.0 Å². The fourth-order valence-corrected chi connectivity index (χ4v) is 1.18. The molecule has 0 saturated carbocycles. The van der Waals surface area contributed by atoms with Crippen molar-refractivity contribution in [2.45, 2.75) is 20.3 Å². The van der Waals surface area contributed by atoms with E-state index in [-0.39, 0.29) is 0 Å². The maximum atomic E-state index is 5.40. The predicted octanol–water partition coefficient (Wildman–Crippen LogP) is 3.20. The molecule has 0 spiro atoms. The van der Waals surface area contributed by atoms with Gasteiger partial charge in [0.05, 0.1) is 6.61 Å². The highest BCUT2D eigenvalue weighted by Crippen LogP contribution is 2.13. The molecule has 0 fully saturated rings. The molecule has 0 unspecified atom stereocenters. The molecule has 0 atom stereocenters. The second kappa shape index (κ2) is 5.41. The van der Waals surface area contributed by atoms with Gasteiger partial charge in [0.15, 0.2) is 0 Å². The molecule has 0 N–H and O–H groups in total. The summed E-state index contributed by atoms with van der Waals surface area (Å²) < 4.78 is 5.40. The summed E-state index contributed by atoms with van der Waals surface area (Å²) in [6.07, 6.45) is 5.19. The predicted molar refractivity (Wildman–Crippen MR) is 56.1 cm³/mol. The zero-order valence-electron chi connectivity index (χ0n) is 8.29. The van der Waals surface area contributed by atoms with Crippen molar-refractivity contribution in [1.82, 2.24) is 0 Å². The average Bonchev–Trinajstić information content (AvgIpc) is 2.16. The summed E-state index contributed by atoms with van der Waals surface area (Å²) in [6.45, 7) is 4.76. The van der Waals surface area contributed by atoms with Gasteiger partial charge in [0, 0.05) is 0 Å². The van der Waals surface area contributed by atoms with Gasteiger partial charge < -0.3 is 4.74 Å². The van der Waals surface area contributed by atoms with Crippen LogP contribution in [0.1, 0.15) is 19.4 Å². The van der Waals surface area contributed by atoms with E-state index in [9.17, 15) is 0 Å². The van der Waals surface area contributed by atoms with Crippen molar-refractivity contribution in [3.8, 4) is 5.75 Å². The molecule has 1 aromatic rings. The summed E-state index contributed by atoms with van der Waals surface area (Å²) in [5.41, 5.74) is 1.30. The molecule has 0 amide bonds. The molecule has 0 radical (unpaired) electrons. The van der Waals surface area contributed by atoms with Crippen molar-refractivity contribution in [2.24, 2.45) is 0 Å². The summed E-state index contributed by atoms with van der Waals surface area (Å²) in [5.74, 6) is 0.963. The van der Waals surface area contributed by atoms with Crippen molar-refractivity contribution in [3.05, 3.63) is 42.0 Å². The van der Waals surface area contributed by atoms with E-state index in [4.69, 9.17) is 4.74 Å². The number of hydrogen-bond donors (Lipinski definition) is 0. The van der Waals surface area contributed by atoms with Crippen LogP contribution in [0.3, 0.4) is 0 Å². The van der Waals surface area contributed by atoms with Gasteiger partial charge >= 0.3 is 0 Å². The van der Waals surface area contributed by atoms with E-state index in [0.717, 1.165) is 18.8 Å². The zero-order valence-corrected chi connectivity index (χ0v) is 8.29. The molecule has 1 aromatic carbocycles. The minimum absolute atomic E-state index is 0.729. The van der Waals surface area contributed by atoms with Gasteiger partial charge in [0.25, 0.3) is 0 Å². The largest absolute Gasteiger partial charge is 0.494 e. The molecule has 0 heterocycles. The van der Waals surface area contributed by atoms with E-state index in [2.05, 4.69) is 24.3 Å². The normalized spacial score (nSPS) is 10.6. The van der Waals surface area contributed by atoms with Crippen molar-refractivity contribution < 1.29 is 4.74 Å². The van der Waals surface area contributed by atoms with Gasteiger partial charge in [-0.05, 0) is 38.0 Å². The molecule has 0 saturated heterocycles. The van der Waals surface area contributed by atoms with E-state index in [0.29, 0.717) is 0 Å². The maximum Gasteiger partial charge on any atom is 0.119 e. The SMILES string of the molecule is CC=CCc1cccc(OCC)c1. The minimum Gasteiger partial charge on any atom is -0.494 e. The van der Waals surface area contributed by atoms with Crippen LogP contribution >= 0.6 is 0 Å². The first-order valence-electron chi connectivity index (χ1n) is 4.69. The van der Waals surface area contributed by atoms with Crippen LogP contribution in [0.25, 0.3) is 0 Å². The molecular formula is C12H16O. The highest BCUT2D eigenvalue weighted by molar-refractivity contribution is 5.29. The third-order valence-corrected chi connectivity index (χ3v) is 1.80. The van der Waals surface area contributed by atoms with Gasteiger partial charge in [-0.3, -0.25) is 0 Å². The van der Waals surface area contributed by atoms with Crippen LogP contribution in [0.5, 0.6) is 5.75 Å². The van der Waals surface area contributed by atoms with Gasteiger partial charge in [0.1, 0.15) is 5.75 Å². The Bertz CT molecular complexity index is 276. The third kappa shape index (κ3) is 3.32. The molecule has 70 valence electrons. The molecule has 1 rings (SSSR count). The number of allylic oxidation sites excluding steroid dienone is 2. The summed E-state index contributed by atoms with van der Waals surface area (Å²) in [4.78, 5) is 0. The van der Waals surface area contributed by atoms with Gasteiger partial charge in [-0.1, -0.05) is 24.3 Å². The topological polar surface area (TPSA) is 9.23 Å². The molecule has 13 heavy (non-hydrogen) atoms. The summed E-state index contributed by atoms with van der Waals surface area (Å²) in [7, 11) is 0. The lowest BCUT2D eigenvalue weighted by molar-refractivity contribution is 0.340. The molecule has 0 aliphatic carbocycles. The third-order valence-electron chi connectivity index (χ3n) is 1.80. The lowest BCUT2D eigenvalue weighted by atomic mass is 10.1. The second-order valence-corrected chi connectivity index (χ2v) is 2.85. The van der Waals surface area contributed by atoms with Crippen LogP contribution in [0.4, 0.5) is 0 Å². The quantitative estimate of drug-likeness (QED) is 0.640. The zero-order chi connectivity index (χ0) is 9.52. The number of ether oxygens (including phenoxy) is 1. The van der Waals surface area contributed by atoms with E-state index in [1.54, 1.807) is 0 Å². The summed E-state index contributed by atoms with van der Waals surface area (Å²) in [5, 5.41) is 0. The molecule has 0 aliphatic heterocycles. The smallest absolute Gasteiger partial charge is 0.119 e. The first kappa shape index (κ1) is 9.85. The number of benzene rings is 1. The van der Waals surface area contributed by atoms with Gasteiger partial charge in [-0.25, -0.2) is 0 Å². The molecule has 1 heteroatoms. The van der Waals surface area contributed by atoms with Crippen LogP contribution < -0.4 is 4.74 Å². The van der Waals surface area contributed by atoms with Crippen molar-refractivity contribution >= 4 is 0 Å². The van der Waals surface area contributed by atoms with Crippen LogP contribution in [-0.4, -0.2) is 6.61 Å². The number of hydrogen-bond acceptors (Lipinski definition) is 1. The average molecular weight is 176 g/mol. The van der Waals surface area contributed by atoms with E-state index < -0.39 is 0 Å². The lowest BCUT2D eigenvalue weighted by Crippen LogP contribution is -1.91. The second-order valence-electron chi connectivity index (χ2n) is 2.85. The van der Waals surface area contributed by atoms with Gasteiger partial charge in [-0.15, -0.1) is 0 Å². The van der Waals surface area contributed by atoms with Crippen LogP contribution in [0, 0.1) is 0 Å². The summed E-state index contributed by atoms with van der Waals surface area (Å²) >= 11 is 0. The molecule has 1 nitrogen and oxygen atoms in total. The fourth-order valence-electron chi connectivity index (χ4n) is 1.18. The van der Waals surface area contributed by atoms with Crippen LogP contribution in [0.15, 0.2) is 36.4 Å². The van der Waals surface area contributed by atoms with E-state index in [1.165, 1.54) is 5.56 Å².